The molecule has 3 rings (SSSR count). The van der Waals surface area contributed by atoms with Gasteiger partial charge in [0.25, 0.3) is 0 Å². The molecule has 0 radical (unpaired) electrons. The average molecular weight is 307 g/mol. The molecule has 2 fully saturated rings. The lowest BCUT2D eigenvalue weighted by molar-refractivity contribution is 0.196. The molecule has 1 N–H and O–H groups in total. The van der Waals surface area contributed by atoms with Crippen LogP contribution in [0.4, 0.5) is 5.69 Å². The van der Waals surface area contributed by atoms with E-state index in [1.54, 1.807) is 0 Å². The minimum atomic E-state index is 0.316. The van der Waals surface area contributed by atoms with Crippen LogP contribution in [-0.2, 0) is 0 Å². The zero-order valence-corrected chi connectivity index (χ0v) is 14.0. The van der Waals surface area contributed by atoms with Gasteiger partial charge in [-0.2, -0.15) is 0 Å². The molecule has 1 heterocycles. The largest absolute Gasteiger partial charge is 0.364 e. The van der Waals surface area contributed by atoms with E-state index >= 15 is 0 Å². The number of piperazine rings is 1. The number of aryl methyl sites for hydroxylation is 1. The third-order valence-corrected chi connectivity index (χ3v) is 5.64. The van der Waals surface area contributed by atoms with E-state index in [9.17, 15) is 0 Å². The normalized spacial score (nSPS) is 25.3. The van der Waals surface area contributed by atoms with Gasteiger partial charge in [0.1, 0.15) is 0 Å². The Hall–Kier alpha value is -0.730. The van der Waals surface area contributed by atoms with Crippen LogP contribution in [0.3, 0.4) is 0 Å². The fraction of sp³-hybridized carbons (Fsp3) is 0.667. The number of hydrogen-bond donors (Lipinski definition) is 1. The summed E-state index contributed by atoms with van der Waals surface area (Å²) in [4.78, 5) is 2.58. The maximum atomic E-state index is 6.52. The van der Waals surface area contributed by atoms with Crippen molar-refractivity contribution in [3.05, 3.63) is 28.8 Å². The lowest BCUT2D eigenvalue weighted by atomic mass is 9.79. The van der Waals surface area contributed by atoms with Gasteiger partial charge in [-0.1, -0.05) is 43.9 Å². The van der Waals surface area contributed by atoms with Crippen molar-refractivity contribution in [1.29, 1.82) is 0 Å². The quantitative estimate of drug-likeness (QED) is 0.863. The topological polar surface area (TPSA) is 15.3 Å². The molecule has 1 atom stereocenters. The molecule has 2 aliphatic rings. The predicted octanol–water partition coefficient (Wildman–Crippen LogP) is 4.54. The second kappa shape index (κ2) is 6.18. The molecule has 21 heavy (non-hydrogen) atoms. The summed E-state index contributed by atoms with van der Waals surface area (Å²) in [6.45, 7) is 6.62. The zero-order valence-electron chi connectivity index (χ0n) is 13.3. The van der Waals surface area contributed by atoms with Gasteiger partial charge in [-0.05, 0) is 43.9 Å². The Morgan fingerprint density at radius 1 is 1.29 bits per heavy atom. The van der Waals surface area contributed by atoms with Crippen LogP contribution in [-0.4, -0.2) is 24.7 Å². The van der Waals surface area contributed by atoms with E-state index in [1.165, 1.54) is 43.4 Å². The van der Waals surface area contributed by atoms with E-state index in [4.69, 9.17) is 11.6 Å². The van der Waals surface area contributed by atoms with E-state index in [-0.39, 0.29) is 0 Å². The van der Waals surface area contributed by atoms with Crippen LogP contribution < -0.4 is 10.2 Å². The summed E-state index contributed by atoms with van der Waals surface area (Å²) < 4.78 is 0. The summed E-state index contributed by atoms with van der Waals surface area (Å²) in [5.41, 5.74) is 2.84. The van der Waals surface area contributed by atoms with Crippen molar-refractivity contribution >= 4 is 17.3 Å². The van der Waals surface area contributed by atoms with E-state index in [2.05, 4.69) is 42.3 Å². The number of rotatable bonds is 2. The van der Waals surface area contributed by atoms with E-state index in [1.807, 2.05) is 0 Å². The van der Waals surface area contributed by atoms with Crippen molar-refractivity contribution in [2.45, 2.75) is 64.0 Å². The summed E-state index contributed by atoms with van der Waals surface area (Å²) in [5.74, 6) is 0. The third kappa shape index (κ3) is 3.07. The molecule has 1 saturated carbocycles. The molecule has 1 unspecified atom stereocenters. The first-order valence-electron chi connectivity index (χ1n) is 8.41. The van der Waals surface area contributed by atoms with Crippen LogP contribution in [0.5, 0.6) is 0 Å². The summed E-state index contributed by atoms with van der Waals surface area (Å²) in [7, 11) is 0. The van der Waals surface area contributed by atoms with Crippen molar-refractivity contribution in [1.82, 2.24) is 5.32 Å². The van der Waals surface area contributed by atoms with E-state index in [0.29, 0.717) is 11.6 Å². The number of nitrogens with zero attached hydrogens (tertiary/aromatic N) is 1. The Kier molecular flexibility index (Phi) is 4.46. The maximum Gasteiger partial charge on any atom is 0.0639 e. The molecule has 2 nitrogen and oxygen atoms in total. The van der Waals surface area contributed by atoms with Crippen molar-refractivity contribution in [2.75, 3.05) is 18.0 Å². The summed E-state index contributed by atoms with van der Waals surface area (Å²) in [6.07, 6.45) is 7.89. The first-order chi connectivity index (χ1) is 10.1. The van der Waals surface area contributed by atoms with Crippen molar-refractivity contribution in [3.8, 4) is 0 Å². The Balaban J connectivity index is 1.90. The van der Waals surface area contributed by atoms with Crippen molar-refractivity contribution in [3.63, 3.8) is 0 Å². The monoisotopic (exact) mass is 306 g/mol. The highest BCUT2D eigenvalue weighted by molar-refractivity contribution is 6.33. The molecule has 1 aromatic rings. The highest BCUT2D eigenvalue weighted by atomic mass is 35.5. The molecular formula is C18H27ClN2. The molecular weight excluding hydrogens is 280 g/mol. The maximum absolute atomic E-state index is 6.52. The van der Waals surface area contributed by atoms with Crippen LogP contribution in [0.15, 0.2) is 18.2 Å². The number of anilines is 1. The zero-order chi connectivity index (χ0) is 14.9. The second-order valence-corrected chi connectivity index (χ2v) is 7.27. The number of nitrogens with one attached hydrogen (secondary N) is 1. The second-order valence-electron chi connectivity index (χ2n) is 6.87. The van der Waals surface area contributed by atoms with Gasteiger partial charge in [-0.15, -0.1) is 0 Å². The Bertz CT molecular complexity index is 494. The molecule has 0 bridgehead atoms. The Morgan fingerprint density at radius 3 is 2.76 bits per heavy atom. The van der Waals surface area contributed by atoms with Gasteiger partial charge >= 0.3 is 0 Å². The molecule has 1 aliphatic carbocycles. The first-order valence-corrected chi connectivity index (χ1v) is 8.79. The van der Waals surface area contributed by atoms with E-state index in [0.717, 1.165) is 24.5 Å². The van der Waals surface area contributed by atoms with E-state index < -0.39 is 0 Å². The van der Waals surface area contributed by atoms with Gasteiger partial charge < -0.3 is 10.2 Å². The number of hydrogen-bond acceptors (Lipinski definition) is 2. The lowest BCUT2D eigenvalue weighted by Gasteiger charge is -2.50. The van der Waals surface area contributed by atoms with Gasteiger partial charge in [-0.25, -0.2) is 0 Å². The van der Waals surface area contributed by atoms with Gasteiger partial charge in [-0.3, -0.25) is 0 Å². The molecule has 1 spiro atoms. The lowest BCUT2D eigenvalue weighted by Crippen LogP contribution is -2.65. The van der Waals surface area contributed by atoms with Crippen LogP contribution in [0.2, 0.25) is 5.02 Å². The minimum absolute atomic E-state index is 0.316. The van der Waals surface area contributed by atoms with Crippen LogP contribution in [0, 0.1) is 6.92 Å². The third-order valence-electron chi connectivity index (χ3n) is 5.32. The fourth-order valence-electron chi connectivity index (χ4n) is 4.01. The molecule has 1 aliphatic heterocycles. The molecule has 1 aromatic carbocycles. The van der Waals surface area contributed by atoms with Gasteiger partial charge in [0.15, 0.2) is 0 Å². The van der Waals surface area contributed by atoms with Crippen LogP contribution >= 0.6 is 11.6 Å². The molecule has 116 valence electrons. The standard InChI is InChI=1S/C18H27ClN2/c1-3-15-12-20-18(9-5-4-6-10-18)13-21(15)17-11-14(2)7-8-16(17)19/h7-8,11,15,20H,3-6,9-10,12-13H2,1-2H3. The van der Waals surface area contributed by atoms with Gasteiger partial charge in [0.05, 0.1) is 10.7 Å². The first kappa shape index (κ1) is 15.2. The summed E-state index contributed by atoms with van der Waals surface area (Å²) in [5, 5.41) is 4.78. The minimum Gasteiger partial charge on any atom is -0.364 e. The smallest absolute Gasteiger partial charge is 0.0639 e. The van der Waals surface area contributed by atoms with Crippen LogP contribution in [0.25, 0.3) is 0 Å². The Labute approximate surface area is 133 Å². The predicted molar refractivity (Wildman–Crippen MR) is 91.4 cm³/mol. The van der Waals surface area contributed by atoms with Gasteiger partial charge in [0.2, 0.25) is 0 Å². The van der Waals surface area contributed by atoms with Crippen LogP contribution in [0.1, 0.15) is 51.0 Å². The number of halogens is 1. The average Bonchev–Trinajstić information content (AvgIpc) is 2.50. The molecule has 3 heteroatoms. The van der Waals surface area contributed by atoms with Crippen molar-refractivity contribution in [2.24, 2.45) is 0 Å². The Morgan fingerprint density at radius 2 is 2.05 bits per heavy atom. The highest BCUT2D eigenvalue weighted by Gasteiger charge is 2.39. The summed E-state index contributed by atoms with van der Waals surface area (Å²) in [6, 6.07) is 6.96. The van der Waals surface area contributed by atoms with Gasteiger partial charge in [0, 0.05) is 24.7 Å². The summed E-state index contributed by atoms with van der Waals surface area (Å²) >= 11 is 6.52. The number of benzene rings is 1. The highest BCUT2D eigenvalue weighted by Crippen LogP contribution is 2.37. The van der Waals surface area contributed by atoms with Crippen molar-refractivity contribution < 1.29 is 0 Å². The molecule has 1 saturated heterocycles. The molecule has 0 amide bonds. The fourth-order valence-corrected chi connectivity index (χ4v) is 4.23. The SMILES string of the molecule is CCC1CNC2(CCCCC2)CN1c1cc(C)ccc1Cl. The molecule has 0 aromatic heterocycles.